The van der Waals surface area contributed by atoms with Crippen LogP contribution in [0.3, 0.4) is 0 Å². The van der Waals surface area contributed by atoms with Crippen molar-refractivity contribution in [3.8, 4) is 5.75 Å². The number of aromatic nitrogens is 1. The second kappa shape index (κ2) is 4.90. The largest absolute Gasteiger partial charge is 0.495 e. The number of ether oxygens (including phenoxy) is 1. The lowest BCUT2D eigenvalue weighted by Gasteiger charge is -2.16. The van der Waals surface area contributed by atoms with Crippen LogP contribution in [0.25, 0.3) is 0 Å². The highest BCUT2D eigenvalue weighted by molar-refractivity contribution is 5.63. The average Bonchev–Trinajstić information content (AvgIpc) is 2.95. The minimum atomic E-state index is -0.692. The summed E-state index contributed by atoms with van der Waals surface area (Å²) in [5.41, 5.74) is 3.94. The summed E-state index contributed by atoms with van der Waals surface area (Å²) in [7, 11) is 1.59. The van der Waals surface area contributed by atoms with Crippen molar-refractivity contribution in [1.29, 1.82) is 0 Å². The van der Waals surface area contributed by atoms with E-state index in [1.54, 1.807) is 19.5 Å². The van der Waals surface area contributed by atoms with Crippen LogP contribution in [-0.2, 0) is 6.42 Å². The van der Waals surface area contributed by atoms with E-state index in [9.17, 15) is 5.11 Å². The fourth-order valence-electron chi connectivity index (χ4n) is 2.47. The number of hydrogen-bond acceptors (Lipinski definition) is 4. The summed E-state index contributed by atoms with van der Waals surface area (Å²) in [6, 6.07) is 7.83. The van der Waals surface area contributed by atoms with Gasteiger partial charge in [-0.3, -0.25) is 4.98 Å². The Labute approximate surface area is 112 Å². The normalized spacial score (nSPS) is 14.6. The van der Waals surface area contributed by atoms with Gasteiger partial charge in [0.15, 0.2) is 0 Å². The number of para-hydroxylation sites is 1. The van der Waals surface area contributed by atoms with E-state index >= 15 is 0 Å². The number of nitrogens with zero attached hydrogens (tertiary/aromatic N) is 1. The van der Waals surface area contributed by atoms with E-state index in [0.717, 1.165) is 29.8 Å². The van der Waals surface area contributed by atoms with Gasteiger partial charge in [-0.1, -0.05) is 18.2 Å². The Morgan fingerprint density at radius 1 is 1.37 bits per heavy atom. The molecule has 1 aromatic carbocycles. The van der Waals surface area contributed by atoms with Crippen molar-refractivity contribution in [1.82, 2.24) is 4.98 Å². The molecule has 19 heavy (non-hydrogen) atoms. The molecule has 1 aliphatic rings. The highest BCUT2D eigenvalue weighted by Crippen LogP contribution is 2.34. The molecule has 3 rings (SSSR count). The molecule has 0 fully saturated rings. The first-order valence-corrected chi connectivity index (χ1v) is 6.32. The van der Waals surface area contributed by atoms with E-state index in [2.05, 4.69) is 16.4 Å². The monoisotopic (exact) mass is 256 g/mol. The van der Waals surface area contributed by atoms with Crippen molar-refractivity contribution < 1.29 is 9.84 Å². The molecule has 4 heteroatoms. The predicted octanol–water partition coefficient (Wildman–Crippen LogP) is 2.14. The van der Waals surface area contributed by atoms with E-state index in [0.29, 0.717) is 5.75 Å². The number of aliphatic hydroxyl groups excluding tert-OH is 1. The SMILES string of the molecule is COc1cncc(C(O)c2cccc3c2NCC3)c1. The van der Waals surface area contributed by atoms with E-state index < -0.39 is 6.10 Å². The van der Waals surface area contributed by atoms with Crippen molar-refractivity contribution in [2.75, 3.05) is 19.0 Å². The first-order chi connectivity index (χ1) is 9.29. The number of rotatable bonds is 3. The zero-order valence-corrected chi connectivity index (χ0v) is 10.8. The molecule has 0 spiro atoms. The van der Waals surface area contributed by atoms with Crippen molar-refractivity contribution in [2.24, 2.45) is 0 Å². The number of pyridine rings is 1. The van der Waals surface area contributed by atoms with Crippen LogP contribution in [0, 0.1) is 0 Å². The van der Waals surface area contributed by atoms with E-state index in [-0.39, 0.29) is 0 Å². The highest BCUT2D eigenvalue weighted by atomic mass is 16.5. The van der Waals surface area contributed by atoms with Gasteiger partial charge < -0.3 is 15.2 Å². The zero-order chi connectivity index (χ0) is 13.2. The highest BCUT2D eigenvalue weighted by Gasteiger charge is 2.20. The molecule has 4 nitrogen and oxygen atoms in total. The molecule has 2 heterocycles. The maximum atomic E-state index is 10.5. The third-order valence-electron chi connectivity index (χ3n) is 3.46. The quantitative estimate of drug-likeness (QED) is 0.883. The smallest absolute Gasteiger partial charge is 0.137 e. The molecule has 1 unspecified atom stereocenters. The van der Waals surface area contributed by atoms with Crippen LogP contribution in [0.5, 0.6) is 5.75 Å². The Bertz CT molecular complexity index is 598. The lowest BCUT2D eigenvalue weighted by Crippen LogP contribution is -2.04. The number of hydrogen-bond donors (Lipinski definition) is 2. The van der Waals surface area contributed by atoms with Gasteiger partial charge in [0, 0.05) is 29.6 Å². The molecule has 0 amide bonds. The van der Waals surface area contributed by atoms with Crippen LogP contribution in [0.1, 0.15) is 22.8 Å². The molecule has 0 saturated heterocycles. The standard InChI is InChI=1S/C15H16N2O2/c1-19-12-7-11(8-16-9-12)15(18)13-4-2-3-10-5-6-17-14(10)13/h2-4,7-9,15,17-18H,5-6H2,1H3. The summed E-state index contributed by atoms with van der Waals surface area (Å²) >= 11 is 0. The Balaban J connectivity index is 2.00. The van der Waals surface area contributed by atoms with Gasteiger partial charge >= 0.3 is 0 Å². The minimum absolute atomic E-state index is 0.650. The molecular formula is C15H16N2O2. The third kappa shape index (κ3) is 2.15. The van der Waals surface area contributed by atoms with Crippen LogP contribution < -0.4 is 10.1 Å². The molecule has 98 valence electrons. The first-order valence-electron chi connectivity index (χ1n) is 6.32. The Morgan fingerprint density at radius 3 is 3.11 bits per heavy atom. The summed E-state index contributed by atoms with van der Waals surface area (Å²) in [6.45, 7) is 0.926. The minimum Gasteiger partial charge on any atom is -0.495 e. The van der Waals surface area contributed by atoms with E-state index in [1.807, 2.05) is 18.2 Å². The summed E-state index contributed by atoms with van der Waals surface area (Å²) in [5, 5.41) is 13.9. The maximum Gasteiger partial charge on any atom is 0.137 e. The summed E-state index contributed by atoms with van der Waals surface area (Å²) < 4.78 is 5.14. The van der Waals surface area contributed by atoms with Crippen LogP contribution in [-0.4, -0.2) is 23.7 Å². The van der Waals surface area contributed by atoms with Gasteiger partial charge in [0.25, 0.3) is 0 Å². The molecule has 0 radical (unpaired) electrons. The zero-order valence-electron chi connectivity index (χ0n) is 10.8. The fourth-order valence-corrected chi connectivity index (χ4v) is 2.47. The number of anilines is 1. The van der Waals surface area contributed by atoms with Gasteiger partial charge in [-0.15, -0.1) is 0 Å². The molecule has 0 aliphatic carbocycles. The van der Waals surface area contributed by atoms with Gasteiger partial charge in [0.05, 0.1) is 13.3 Å². The van der Waals surface area contributed by atoms with Crippen molar-refractivity contribution in [3.05, 3.63) is 53.3 Å². The van der Waals surface area contributed by atoms with Crippen molar-refractivity contribution in [3.63, 3.8) is 0 Å². The lowest BCUT2D eigenvalue weighted by atomic mass is 9.99. The van der Waals surface area contributed by atoms with Crippen molar-refractivity contribution in [2.45, 2.75) is 12.5 Å². The summed E-state index contributed by atoms with van der Waals surface area (Å²) in [6.07, 6.45) is 3.61. The molecule has 1 aliphatic heterocycles. The first kappa shape index (κ1) is 12.0. The molecule has 0 saturated carbocycles. The molecule has 1 aromatic heterocycles. The molecule has 1 atom stereocenters. The Morgan fingerprint density at radius 2 is 2.26 bits per heavy atom. The van der Waals surface area contributed by atoms with E-state index in [1.165, 1.54) is 5.56 Å². The van der Waals surface area contributed by atoms with E-state index in [4.69, 9.17) is 4.74 Å². The third-order valence-corrected chi connectivity index (χ3v) is 3.46. The lowest BCUT2D eigenvalue weighted by molar-refractivity contribution is 0.220. The van der Waals surface area contributed by atoms with Gasteiger partial charge in [-0.2, -0.15) is 0 Å². The summed E-state index contributed by atoms with van der Waals surface area (Å²) in [5.74, 6) is 0.650. The number of benzene rings is 1. The fraction of sp³-hybridized carbons (Fsp3) is 0.267. The maximum absolute atomic E-state index is 10.5. The molecule has 2 aromatic rings. The van der Waals surface area contributed by atoms with Gasteiger partial charge in [0.1, 0.15) is 11.9 Å². The number of fused-ring (bicyclic) bond motifs is 1. The van der Waals surface area contributed by atoms with Crippen molar-refractivity contribution >= 4 is 5.69 Å². The molecule has 0 bridgehead atoms. The van der Waals surface area contributed by atoms with Crippen LogP contribution >= 0.6 is 0 Å². The molecular weight excluding hydrogens is 240 g/mol. The van der Waals surface area contributed by atoms with Gasteiger partial charge in [-0.05, 0) is 18.1 Å². The summed E-state index contributed by atoms with van der Waals surface area (Å²) in [4.78, 5) is 4.09. The topological polar surface area (TPSA) is 54.4 Å². The Hall–Kier alpha value is -2.07. The second-order valence-corrected chi connectivity index (χ2v) is 4.62. The van der Waals surface area contributed by atoms with Crippen LogP contribution in [0.4, 0.5) is 5.69 Å². The van der Waals surface area contributed by atoms with Crippen LogP contribution in [0.15, 0.2) is 36.7 Å². The average molecular weight is 256 g/mol. The number of methoxy groups -OCH3 is 1. The number of nitrogens with one attached hydrogen (secondary N) is 1. The van der Waals surface area contributed by atoms with Crippen LogP contribution in [0.2, 0.25) is 0 Å². The molecule has 2 N–H and O–H groups in total. The Kier molecular flexibility index (Phi) is 3.09. The van der Waals surface area contributed by atoms with Gasteiger partial charge in [0.2, 0.25) is 0 Å². The number of aliphatic hydroxyl groups is 1. The van der Waals surface area contributed by atoms with Gasteiger partial charge in [-0.25, -0.2) is 0 Å². The predicted molar refractivity (Wildman–Crippen MR) is 73.5 cm³/mol. The second-order valence-electron chi connectivity index (χ2n) is 4.62.